The molecule has 1 fully saturated rings. The van der Waals surface area contributed by atoms with E-state index in [1.165, 1.54) is 5.69 Å². The molecule has 2 aliphatic heterocycles. The van der Waals surface area contributed by atoms with Gasteiger partial charge in [0.05, 0.1) is 6.42 Å². The van der Waals surface area contributed by atoms with Crippen LogP contribution in [-0.2, 0) is 11.2 Å². The van der Waals surface area contributed by atoms with Gasteiger partial charge in [-0.25, -0.2) is 0 Å². The number of nitrogens with zero attached hydrogens (tertiary/aromatic N) is 2. The summed E-state index contributed by atoms with van der Waals surface area (Å²) >= 11 is 0. The molecule has 0 bridgehead atoms. The molecular formula is C19H20N2O3. The minimum atomic E-state index is 0.145. The Kier molecular flexibility index (Phi) is 3.99. The standard InChI is InChI=1S/C19H20N2O3/c22-18(13-15-5-4-8-17-19(15)24-14-23-17)21-11-9-20(10-12-21)16-6-2-1-3-7-16/h1-8H,9-14H2. The maximum absolute atomic E-state index is 12.6. The lowest BCUT2D eigenvalue weighted by molar-refractivity contribution is -0.130. The van der Waals surface area contributed by atoms with Gasteiger partial charge in [0.2, 0.25) is 12.7 Å². The molecule has 0 spiro atoms. The third-order valence-corrected chi connectivity index (χ3v) is 4.57. The molecule has 0 atom stereocenters. The highest BCUT2D eigenvalue weighted by Crippen LogP contribution is 2.35. The summed E-state index contributed by atoms with van der Waals surface area (Å²) in [5.41, 5.74) is 2.12. The van der Waals surface area contributed by atoms with Crippen molar-refractivity contribution in [2.24, 2.45) is 0 Å². The van der Waals surface area contributed by atoms with E-state index in [1.54, 1.807) is 0 Å². The summed E-state index contributed by atoms with van der Waals surface area (Å²) in [5.74, 6) is 1.59. The van der Waals surface area contributed by atoms with Crippen LogP contribution >= 0.6 is 0 Å². The van der Waals surface area contributed by atoms with Crippen molar-refractivity contribution in [3.05, 3.63) is 54.1 Å². The first-order valence-electron chi connectivity index (χ1n) is 8.26. The number of amides is 1. The van der Waals surface area contributed by atoms with Crippen LogP contribution in [0.3, 0.4) is 0 Å². The summed E-state index contributed by atoms with van der Waals surface area (Å²) in [5, 5.41) is 0. The van der Waals surface area contributed by atoms with Crippen molar-refractivity contribution in [3.63, 3.8) is 0 Å². The fourth-order valence-corrected chi connectivity index (χ4v) is 3.26. The van der Waals surface area contributed by atoms with Crippen molar-refractivity contribution in [1.29, 1.82) is 0 Å². The van der Waals surface area contributed by atoms with Crippen molar-refractivity contribution in [1.82, 2.24) is 4.90 Å². The van der Waals surface area contributed by atoms with E-state index < -0.39 is 0 Å². The Morgan fingerprint density at radius 3 is 2.50 bits per heavy atom. The summed E-state index contributed by atoms with van der Waals surface area (Å²) < 4.78 is 10.9. The second-order valence-electron chi connectivity index (χ2n) is 6.03. The van der Waals surface area contributed by atoms with Gasteiger partial charge < -0.3 is 19.3 Å². The maximum atomic E-state index is 12.6. The zero-order chi connectivity index (χ0) is 16.4. The zero-order valence-electron chi connectivity index (χ0n) is 13.5. The Hall–Kier alpha value is -2.69. The van der Waals surface area contributed by atoms with Gasteiger partial charge in [0.15, 0.2) is 11.5 Å². The summed E-state index contributed by atoms with van der Waals surface area (Å²) in [6.45, 7) is 3.46. The summed E-state index contributed by atoms with van der Waals surface area (Å²) in [6.07, 6.45) is 0.359. The molecule has 2 aromatic rings. The number of carbonyl (C=O) groups is 1. The highest BCUT2D eigenvalue weighted by atomic mass is 16.7. The van der Waals surface area contributed by atoms with E-state index in [9.17, 15) is 4.79 Å². The molecule has 0 unspecified atom stereocenters. The van der Waals surface area contributed by atoms with Crippen LogP contribution in [0.1, 0.15) is 5.56 Å². The second kappa shape index (κ2) is 6.43. The van der Waals surface area contributed by atoms with Crippen LogP contribution in [-0.4, -0.2) is 43.8 Å². The lowest BCUT2D eigenvalue weighted by Gasteiger charge is -2.36. The van der Waals surface area contributed by atoms with Crippen molar-refractivity contribution >= 4 is 11.6 Å². The normalized spacial score (nSPS) is 16.3. The maximum Gasteiger partial charge on any atom is 0.231 e. The quantitative estimate of drug-likeness (QED) is 0.869. The van der Waals surface area contributed by atoms with E-state index in [2.05, 4.69) is 17.0 Å². The van der Waals surface area contributed by atoms with Crippen molar-refractivity contribution < 1.29 is 14.3 Å². The number of benzene rings is 2. The van der Waals surface area contributed by atoms with Gasteiger partial charge in [-0.05, 0) is 18.2 Å². The Morgan fingerprint density at radius 2 is 1.71 bits per heavy atom. The molecule has 1 amide bonds. The highest BCUT2D eigenvalue weighted by molar-refractivity contribution is 5.80. The van der Waals surface area contributed by atoms with Gasteiger partial charge in [-0.3, -0.25) is 4.79 Å². The predicted molar refractivity (Wildman–Crippen MR) is 91.5 cm³/mol. The van der Waals surface area contributed by atoms with Crippen molar-refractivity contribution in [2.45, 2.75) is 6.42 Å². The van der Waals surface area contributed by atoms with E-state index in [0.717, 1.165) is 37.5 Å². The summed E-state index contributed by atoms with van der Waals surface area (Å²) in [7, 11) is 0. The van der Waals surface area contributed by atoms with Gasteiger partial charge in [0, 0.05) is 37.4 Å². The Morgan fingerprint density at radius 1 is 0.917 bits per heavy atom. The highest BCUT2D eigenvalue weighted by Gasteiger charge is 2.24. The Balaban J connectivity index is 1.38. The first-order valence-corrected chi connectivity index (χ1v) is 8.26. The monoisotopic (exact) mass is 324 g/mol. The van der Waals surface area contributed by atoms with Crippen LogP contribution in [0.15, 0.2) is 48.5 Å². The number of piperazine rings is 1. The molecule has 0 aliphatic carbocycles. The molecule has 4 rings (SSSR count). The molecule has 2 heterocycles. The third-order valence-electron chi connectivity index (χ3n) is 4.57. The largest absolute Gasteiger partial charge is 0.454 e. The van der Waals surface area contributed by atoms with Gasteiger partial charge in [-0.2, -0.15) is 0 Å². The average Bonchev–Trinajstić information content (AvgIpc) is 3.12. The SMILES string of the molecule is O=C(Cc1cccc2c1OCO2)N1CCN(c2ccccc2)CC1. The molecule has 2 aromatic carbocycles. The minimum absolute atomic E-state index is 0.145. The molecule has 0 radical (unpaired) electrons. The molecule has 2 aliphatic rings. The van der Waals surface area contributed by atoms with Gasteiger partial charge in [0.1, 0.15) is 0 Å². The molecule has 24 heavy (non-hydrogen) atoms. The molecule has 0 N–H and O–H groups in total. The fourth-order valence-electron chi connectivity index (χ4n) is 3.26. The predicted octanol–water partition coefficient (Wildman–Crippen LogP) is 2.31. The fraction of sp³-hybridized carbons (Fsp3) is 0.316. The second-order valence-corrected chi connectivity index (χ2v) is 6.03. The van der Waals surface area contributed by atoms with E-state index in [1.807, 2.05) is 41.3 Å². The van der Waals surface area contributed by atoms with E-state index in [0.29, 0.717) is 12.2 Å². The van der Waals surface area contributed by atoms with E-state index >= 15 is 0 Å². The lowest BCUT2D eigenvalue weighted by Crippen LogP contribution is -2.49. The van der Waals surface area contributed by atoms with Crippen molar-refractivity contribution in [2.75, 3.05) is 37.9 Å². The van der Waals surface area contributed by atoms with Gasteiger partial charge >= 0.3 is 0 Å². The number of hydrogen-bond acceptors (Lipinski definition) is 4. The number of para-hydroxylation sites is 2. The summed E-state index contributed by atoms with van der Waals surface area (Å²) in [6, 6.07) is 16.1. The van der Waals surface area contributed by atoms with E-state index in [4.69, 9.17) is 9.47 Å². The van der Waals surface area contributed by atoms with Gasteiger partial charge in [0.25, 0.3) is 0 Å². The van der Waals surface area contributed by atoms with Crippen LogP contribution in [0.25, 0.3) is 0 Å². The molecule has 5 nitrogen and oxygen atoms in total. The number of anilines is 1. The van der Waals surface area contributed by atoms with Crippen LogP contribution in [0.2, 0.25) is 0 Å². The Labute approximate surface area is 141 Å². The molecule has 124 valence electrons. The number of ether oxygens (including phenoxy) is 2. The first kappa shape index (κ1) is 14.9. The molecule has 0 aromatic heterocycles. The molecule has 5 heteroatoms. The smallest absolute Gasteiger partial charge is 0.231 e. The van der Waals surface area contributed by atoms with Crippen LogP contribution in [0.4, 0.5) is 5.69 Å². The molecular weight excluding hydrogens is 304 g/mol. The topological polar surface area (TPSA) is 42.0 Å². The summed E-state index contributed by atoms with van der Waals surface area (Å²) in [4.78, 5) is 16.9. The average molecular weight is 324 g/mol. The van der Waals surface area contributed by atoms with Crippen LogP contribution in [0.5, 0.6) is 11.5 Å². The van der Waals surface area contributed by atoms with Gasteiger partial charge in [-0.1, -0.05) is 30.3 Å². The number of hydrogen-bond donors (Lipinski definition) is 0. The van der Waals surface area contributed by atoms with Crippen LogP contribution in [0, 0.1) is 0 Å². The molecule has 0 saturated carbocycles. The minimum Gasteiger partial charge on any atom is -0.454 e. The Bertz CT molecular complexity index is 725. The van der Waals surface area contributed by atoms with Gasteiger partial charge in [-0.15, -0.1) is 0 Å². The van der Waals surface area contributed by atoms with Crippen molar-refractivity contribution in [3.8, 4) is 11.5 Å². The van der Waals surface area contributed by atoms with Crippen LogP contribution < -0.4 is 14.4 Å². The lowest BCUT2D eigenvalue weighted by atomic mass is 10.1. The first-order chi connectivity index (χ1) is 11.8. The number of carbonyl (C=O) groups excluding carboxylic acids is 1. The number of rotatable bonds is 3. The number of fused-ring (bicyclic) bond motifs is 1. The molecule has 1 saturated heterocycles. The van der Waals surface area contributed by atoms with E-state index in [-0.39, 0.29) is 12.7 Å². The third kappa shape index (κ3) is 2.89. The zero-order valence-corrected chi connectivity index (χ0v) is 13.5.